The summed E-state index contributed by atoms with van der Waals surface area (Å²) >= 11 is 0. The van der Waals surface area contributed by atoms with Gasteiger partial charge in [0.1, 0.15) is 12.0 Å². The molecule has 0 heterocycles. The summed E-state index contributed by atoms with van der Waals surface area (Å²) in [4.78, 5) is 10.5. The normalized spacial score (nSPS) is 11.3. The molecule has 70 valence electrons. The van der Waals surface area contributed by atoms with Gasteiger partial charge >= 0.3 is 0 Å². The Morgan fingerprint density at radius 1 is 1.23 bits per heavy atom. The van der Waals surface area contributed by atoms with E-state index in [9.17, 15) is 9.90 Å². The van der Waals surface area contributed by atoms with Gasteiger partial charge in [-0.15, -0.1) is 0 Å². The van der Waals surface area contributed by atoms with E-state index < -0.39 is 0 Å². The maximum absolute atomic E-state index is 10.5. The summed E-state index contributed by atoms with van der Waals surface area (Å²) in [5.41, 5.74) is 1.44. The Labute approximate surface area is 78.2 Å². The van der Waals surface area contributed by atoms with Gasteiger partial charge in [-0.05, 0) is 29.2 Å². The summed E-state index contributed by atoms with van der Waals surface area (Å²) in [5, 5.41) is 9.33. The second-order valence-corrected chi connectivity index (χ2v) is 4.18. The number of hydrogen-bond donors (Lipinski definition) is 1. The van der Waals surface area contributed by atoms with Gasteiger partial charge in [-0.25, -0.2) is 0 Å². The minimum absolute atomic E-state index is 0.0451. The number of aldehydes is 1. The Hall–Kier alpha value is -1.31. The number of carbonyl (C=O) groups is 1. The maximum Gasteiger partial charge on any atom is 0.150 e. The summed E-state index contributed by atoms with van der Waals surface area (Å²) < 4.78 is 0. The van der Waals surface area contributed by atoms with Crippen LogP contribution in [0.4, 0.5) is 0 Å². The number of phenols is 1. The average Bonchev–Trinajstić information content (AvgIpc) is 2.01. The first-order chi connectivity index (χ1) is 5.93. The molecule has 13 heavy (non-hydrogen) atoms. The summed E-state index contributed by atoms with van der Waals surface area (Å²) in [6, 6.07) is 4.95. The monoisotopic (exact) mass is 178 g/mol. The van der Waals surface area contributed by atoms with Crippen LogP contribution in [0.1, 0.15) is 36.7 Å². The van der Waals surface area contributed by atoms with Gasteiger partial charge in [0.15, 0.2) is 0 Å². The number of aromatic hydroxyl groups is 1. The zero-order chi connectivity index (χ0) is 10.1. The van der Waals surface area contributed by atoms with E-state index >= 15 is 0 Å². The van der Waals surface area contributed by atoms with Gasteiger partial charge in [0.25, 0.3) is 0 Å². The molecule has 0 aliphatic carbocycles. The number of carbonyl (C=O) groups excluding carboxylic acids is 1. The second-order valence-electron chi connectivity index (χ2n) is 4.18. The van der Waals surface area contributed by atoms with E-state index in [2.05, 4.69) is 0 Å². The Balaban J connectivity index is 3.24. The molecule has 0 amide bonds. The Morgan fingerprint density at radius 2 is 1.85 bits per heavy atom. The molecule has 1 aromatic rings. The lowest BCUT2D eigenvalue weighted by Crippen LogP contribution is -2.11. The minimum Gasteiger partial charge on any atom is -0.508 e. The Morgan fingerprint density at radius 3 is 2.31 bits per heavy atom. The highest BCUT2D eigenvalue weighted by atomic mass is 16.3. The fourth-order valence-corrected chi connectivity index (χ4v) is 1.14. The highest BCUT2D eigenvalue weighted by Gasteiger charge is 2.14. The van der Waals surface area contributed by atoms with E-state index in [4.69, 9.17) is 0 Å². The van der Waals surface area contributed by atoms with Crippen LogP contribution in [0.3, 0.4) is 0 Å². The first-order valence-electron chi connectivity index (χ1n) is 4.23. The van der Waals surface area contributed by atoms with Crippen LogP contribution in [0, 0.1) is 0 Å². The molecule has 0 bridgehead atoms. The zero-order valence-electron chi connectivity index (χ0n) is 8.16. The predicted octanol–water partition coefficient (Wildman–Crippen LogP) is 2.50. The minimum atomic E-state index is -0.0451. The molecule has 0 aliphatic rings. The molecule has 0 aliphatic heterocycles. The van der Waals surface area contributed by atoms with Gasteiger partial charge in [0.2, 0.25) is 0 Å². The molecule has 2 nitrogen and oxygen atoms in total. The average molecular weight is 178 g/mol. The molecule has 0 saturated heterocycles. The SMILES string of the molecule is CC(C)(C)c1cc(O)cc(C=O)c1. The molecular formula is C11H14O2. The van der Waals surface area contributed by atoms with Crippen LogP contribution in [0.25, 0.3) is 0 Å². The lowest BCUT2D eigenvalue weighted by molar-refractivity contribution is 0.112. The highest BCUT2D eigenvalue weighted by Crippen LogP contribution is 2.26. The first-order valence-corrected chi connectivity index (χ1v) is 4.23. The quantitative estimate of drug-likeness (QED) is 0.671. The third kappa shape index (κ3) is 2.31. The summed E-state index contributed by atoms with van der Waals surface area (Å²) in [5.74, 6) is 0.148. The van der Waals surface area contributed by atoms with Crippen molar-refractivity contribution in [2.24, 2.45) is 0 Å². The van der Waals surface area contributed by atoms with E-state index in [0.29, 0.717) is 5.56 Å². The molecule has 0 fully saturated rings. The van der Waals surface area contributed by atoms with E-state index in [1.165, 1.54) is 6.07 Å². The van der Waals surface area contributed by atoms with Gasteiger partial charge in [-0.3, -0.25) is 4.79 Å². The second kappa shape index (κ2) is 3.21. The lowest BCUT2D eigenvalue weighted by atomic mass is 9.86. The number of benzene rings is 1. The number of rotatable bonds is 1. The summed E-state index contributed by atoms with van der Waals surface area (Å²) in [6.07, 6.45) is 0.745. The molecule has 2 heteroatoms. The molecule has 0 radical (unpaired) electrons. The van der Waals surface area contributed by atoms with Crippen molar-refractivity contribution >= 4 is 6.29 Å². The van der Waals surface area contributed by atoms with Gasteiger partial charge in [-0.2, -0.15) is 0 Å². The van der Waals surface area contributed by atoms with E-state index in [-0.39, 0.29) is 11.2 Å². The maximum atomic E-state index is 10.5. The lowest BCUT2D eigenvalue weighted by Gasteiger charge is -2.19. The van der Waals surface area contributed by atoms with Crippen molar-refractivity contribution in [3.63, 3.8) is 0 Å². The topological polar surface area (TPSA) is 37.3 Å². The van der Waals surface area contributed by atoms with E-state index in [1.54, 1.807) is 12.1 Å². The third-order valence-corrected chi connectivity index (χ3v) is 1.94. The van der Waals surface area contributed by atoms with Crippen molar-refractivity contribution in [1.82, 2.24) is 0 Å². The molecule has 0 saturated carbocycles. The number of phenolic OH excluding ortho intramolecular Hbond substituents is 1. The van der Waals surface area contributed by atoms with Crippen molar-refractivity contribution < 1.29 is 9.90 Å². The highest BCUT2D eigenvalue weighted by molar-refractivity contribution is 5.76. The van der Waals surface area contributed by atoms with Crippen molar-refractivity contribution in [2.75, 3.05) is 0 Å². The predicted molar refractivity (Wildman–Crippen MR) is 52.2 cm³/mol. The van der Waals surface area contributed by atoms with Crippen molar-refractivity contribution in [3.8, 4) is 5.75 Å². The van der Waals surface area contributed by atoms with Crippen LogP contribution in [-0.2, 0) is 5.41 Å². The molecular weight excluding hydrogens is 164 g/mol. The van der Waals surface area contributed by atoms with Gasteiger partial charge in [0, 0.05) is 5.56 Å². The Kier molecular flexibility index (Phi) is 2.41. The fraction of sp³-hybridized carbons (Fsp3) is 0.364. The fourth-order valence-electron chi connectivity index (χ4n) is 1.14. The third-order valence-electron chi connectivity index (χ3n) is 1.94. The molecule has 1 N–H and O–H groups in total. The zero-order valence-corrected chi connectivity index (χ0v) is 8.16. The van der Waals surface area contributed by atoms with Crippen LogP contribution in [0.15, 0.2) is 18.2 Å². The van der Waals surface area contributed by atoms with Crippen LogP contribution in [0.2, 0.25) is 0 Å². The van der Waals surface area contributed by atoms with Crippen molar-refractivity contribution in [1.29, 1.82) is 0 Å². The summed E-state index contributed by atoms with van der Waals surface area (Å²) in [7, 11) is 0. The van der Waals surface area contributed by atoms with E-state index in [0.717, 1.165) is 11.8 Å². The Bertz CT molecular complexity index is 321. The molecule has 1 rings (SSSR count). The molecule has 1 aromatic carbocycles. The van der Waals surface area contributed by atoms with Crippen LogP contribution in [-0.4, -0.2) is 11.4 Å². The smallest absolute Gasteiger partial charge is 0.150 e. The van der Waals surface area contributed by atoms with Crippen molar-refractivity contribution in [2.45, 2.75) is 26.2 Å². The van der Waals surface area contributed by atoms with Gasteiger partial charge in [-0.1, -0.05) is 20.8 Å². The van der Waals surface area contributed by atoms with Crippen LogP contribution < -0.4 is 0 Å². The van der Waals surface area contributed by atoms with Gasteiger partial charge < -0.3 is 5.11 Å². The standard InChI is InChI=1S/C11H14O2/c1-11(2,3)9-4-8(7-12)5-10(13)6-9/h4-7,13H,1-3H3. The largest absolute Gasteiger partial charge is 0.508 e. The molecule has 0 atom stereocenters. The first kappa shape index (κ1) is 9.78. The van der Waals surface area contributed by atoms with Gasteiger partial charge in [0.05, 0.1) is 0 Å². The molecule has 0 spiro atoms. The van der Waals surface area contributed by atoms with Crippen molar-refractivity contribution in [3.05, 3.63) is 29.3 Å². The molecule has 0 unspecified atom stereocenters. The summed E-state index contributed by atoms with van der Waals surface area (Å²) in [6.45, 7) is 6.11. The van der Waals surface area contributed by atoms with Crippen LogP contribution in [0.5, 0.6) is 5.75 Å². The van der Waals surface area contributed by atoms with E-state index in [1.807, 2.05) is 20.8 Å². The van der Waals surface area contributed by atoms with Crippen LogP contribution >= 0.6 is 0 Å². The molecule has 0 aromatic heterocycles. The number of hydrogen-bond acceptors (Lipinski definition) is 2.